The van der Waals surface area contributed by atoms with Crippen LogP contribution in [0.1, 0.15) is 23.7 Å². The molecule has 0 radical (unpaired) electrons. The van der Waals surface area contributed by atoms with Gasteiger partial charge in [-0.25, -0.2) is 0 Å². The van der Waals surface area contributed by atoms with E-state index in [1.165, 1.54) is 0 Å². The molecule has 0 spiro atoms. The molecule has 0 aliphatic carbocycles. The van der Waals surface area contributed by atoms with Crippen molar-refractivity contribution in [2.45, 2.75) is 13.3 Å². The second-order valence-electron chi connectivity index (χ2n) is 3.19. The molecule has 0 heterocycles. The highest BCUT2D eigenvalue weighted by Crippen LogP contribution is 2.14. The fourth-order valence-corrected chi connectivity index (χ4v) is 1.51. The molecule has 1 aromatic rings. The molecule has 0 aliphatic heterocycles. The maximum Gasteiger partial charge on any atom is 0.258 e. The predicted octanol–water partition coefficient (Wildman–Crippen LogP) is 2.35. The van der Waals surface area contributed by atoms with Gasteiger partial charge in [0.25, 0.3) is 5.91 Å². The predicted molar refractivity (Wildman–Crippen MR) is 69.8 cm³/mol. The van der Waals surface area contributed by atoms with Crippen molar-refractivity contribution >= 4 is 34.8 Å². The Hall–Kier alpha value is -1.13. The first-order chi connectivity index (χ1) is 7.65. The Labute approximate surface area is 105 Å². The van der Waals surface area contributed by atoms with Crippen molar-refractivity contribution in [3.8, 4) is 0 Å². The normalized spacial score (nSPS) is 9.62. The molecule has 0 unspecified atom stereocenters. The van der Waals surface area contributed by atoms with Crippen LogP contribution in [0.5, 0.6) is 0 Å². The zero-order valence-electron chi connectivity index (χ0n) is 8.92. The van der Waals surface area contributed by atoms with Crippen LogP contribution in [0.4, 0.5) is 0 Å². The summed E-state index contributed by atoms with van der Waals surface area (Å²) < 4.78 is 0. The summed E-state index contributed by atoms with van der Waals surface area (Å²) in [4.78, 5) is 11.7. The van der Waals surface area contributed by atoms with E-state index in [2.05, 4.69) is 10.6 Å². The lowest BCUT2D eigenvalue weighted by molar-refractivity contribution is 0.0977. The first-order valence-electron chi connectivity index (χ1n) is 4.99. The Morgan fingerprint density at radius 2 is 2.12 bits per heavy atom. The van der Waals surface area contributed by atoms with Crippen LogP contribution in [-0.4, -0.2) is 17.6 Å². The molecular formula is C11H13ClN2OS. The van der Waals surface area contributed by atoms with E-state index < -0.39 is 0 Å². The average molecular weight is 257 g/mol. The van der Waals surface area contributed by atoms with Gasteiger partial charge >= 0.3 is 0 Å². The third-order valence-electron chi connectivity index (χ3n) is 1.88. The molecule has 16 heavy (non-hydrogen) atoms. The second-order valence-corrected chi connectivity index (χ2v) is 4.01. The van der Waals surface area contributed by atoms with Gasteiger partial charge in [0.2, 0.25) is 0 Å². The molecular weight excluding hydrogens is 244 g/mol. The van der Waals surface area contributed by atoms with E-state index in [9.17, 15) is 4.79 Å². The standard InChI is InChI=1S/C11H13ClN2OS/c1-2-7-13-11(16)14-10(15)8-5-3-4-6-9(8)12/h3-6H,2,7H2,1H3,(H2,13,14,15,16). The van der Waals surface area contributed by atoms with Gasteiger partial charge in [-0.15, -0.1) is 0 Å². The van der Waals surface area contributed by atoms with Crippen molar-refractivity contribution < 1.29 is 4.79 Å². The Morgan fingerprint density at radius 1 is 1.44 bits per heavy atom. The van der Waals surface area contributed by atoms with Crippen LogP contribution >= 0.6 is 23.8 Å². The Bertz CT molecular complexity index is 395. The SMILES string of the molecule is CCCNC(=S)NC(=O)c1ccccc1Cl. The summed E-state index contributed by atoms with van der Waals surface area (Å²) in [5.41, 5.74) is 0.421. The summed E-state index contributed by atoms with van der Waals surface area (Å²) in [7, 11) is 0. The van der Waals surface area contributed by atoms with Crippen molar-refractivity contribution in [2.24, 2.45) is 0 Å². The van der Waals surface area contributed by atoms with E-state index in [1.54, 1.807) is 24.3 Å². The Balaban J connectivity index is 2.59. The van der Waals surface area contributed by atoms with Gasteiger partial charge in [0, 0.05) is 6.54 Å². The summed E-state index contributed by atoms with van der Waals surface area (Å²) >= 11 is 10.8. The minimum atomic E-state index is -0.292. The van der Waals surface area contributed by atoms with Crippen LogP contribution in [0.25, 0.3) is 0 Å². The minimum Gasteiger partial charge on any atom is -0.362 e. The molecule has 0 aromatic heterocycles. The molecule has 0 bridgehead atoms. The molecule has 1 aromatic carbocycles. The third-order valence-corrected chi connectivity index (χ3v) is 2.46. The summed E-state index contributed by atoms with van der Waals surface area (Å²) in [6, 6.07) is 6.84. The second kappa shape index (κ2) is 6.45. The number of hydrogen-bond donors (Lipinski definition) is 2. The van der Waals surface area contributed by atoms with Crippen LogP contribution in [0.15, 0.2) is 24.3 Å². The van der Waals surface area contributed by atoms with E-state index >= 15 is 0 Å². The molecule has 0 atom stereocenters. The first kappa shape index (κ1) is 12.9. The van der Waals surface area contributed by atoms with Gasteiger partial charge in [-0.05, 0) is 30.8 Å². The van der Waals surface area contributed by atoms with E-state index in [0.717, 1.165) is 13.0 Å². The first-order valence-corrected chi connectivity index (χ1v) is 5.77. The van der Waals surface area contributed by atoms with E-state index in [4.69, 9.17) is 23.8 Å². The summed E-state index contributed by atoms with van der Waals surface area (Å²) in [6.45, 7) is 2.76. The van der Waals surface area contributed by atoms with Gasteiger partial charge < -0.3 is 5.32 Å². The van der Waals surface area contributed by atoms with Crippen LogP contribution in [0.2, 0.25) is 5.02 Å². The van der Waals surface area contributed by atoms with Gasteiger partial charge in [0.15, 0.2) is 5.11 Å². The lowest BCUT2D eigenvalue weighted by atomic mass is 10.2. The van der Waals surface area contributed by atoms with Crippen molar-refractivity contribution in [3.05, 3.63) is 34.9 Å². The number of rotatable bonds is 3. The highest BCUT2D eigenvalue weighted by Gasteiger charge is 2.10. The number of benzene rings is 1. The average Bonchev–Trinajstić information content (AvgIpc) is 2.26. The smallest absolute Gasteiger partial charge is 0.258 e. The molecule has 0 saturated carbocycles. The molecule has 1 rings (SSSR count). The fourth-order valence-electron chi connectivity index (χ4n) is 1.10. The van der Waals surface area contributed by atoms with Gasteiger partial charge in [-0.3, -0.25) is 10.1 Å². The van der Waals surface area contributed by atoms with Gasteiger partial charge in [-0.1, -0.05) is 30.7 Å². The highest BCUT2D eigenvalue weighted by molar-refractivity contribution is 7.80. The zero-order valence-corrected chi connectivity index (χ0v) is 10.5. The van der Waals surface area contributed by atoms with Crippen molar-refractivity contribution in [2.75, 3.05) is 6.54 Å². The maximum absolute atomic E-state index is 11.7. The summed E-state index contributed by atoms with van der Waals surface area (Å²) in [5, 5.41) is 6.22. The monoisotopic (exact) mass is 256 g/mol. The molecule has 0 aliphatic rings. The molecule has 5 heteroatoms. The number of carbonyl (C=O) groups is 1. The van der Waals surface area contributed by atoms with Crippen LogP contribution in [0, 0.1) is 0 Å². The number of hydrogen-bond acceptors (Lipinski definition) is 2. The Kier molecular flexibility index (Phi) is 5.22. The quantitative estimate of drug-likeness (QED) is 0.816. The maximum atomic E-state index is 11.7. The molecule has 0 fully saturated rings. The van der Waals surface area contributed by atoms with Crippen LogP contribution < -0.4 is 10.6 Å². The van der Waals surface area contributed by atoms with Crippen molar-refractivity contribution in [1.29, 1.82) is 0 Å². The highest BCUT2D eigenvalue weighted by atomic mass is 35.5. The van der Waals surface area contributed by atoms with Gasteiger partial charge in [-0.2, -0.15) is 0 Å². The number of carbonyl (C=O) groups excluding carboxylic acids is 1. The molecule has 3 nitrogen and oxygen atoms in total. The summed E-state index contributed by atoms with van der Waals surface area (Å²) in [5.74, 6) is -0.292. The minimum absolute atomic E-state index is 0.292. The number of nitrogens with one attached hydrogen (secondary N) is 2. The molecule has 1 amide bonds. The summed E-state index contributed by atoms with van der Waals surface area (Å²) in [6.07, 6.45) is 0.947. The van der Waals surface area contributed by atoms with Crippen molar-refractivity contribution in [3.63, 3.8) is 0 Å². The van der Waals surface area contributed by atoms with E-state index in [1.807, 2.05) is 6.92 Å². The number of halogens is 1. The third kappa shape index (κ3) is 3.79. The van der Waals surface area contributed by atoms with Crippen LogP contribution in [0.3, 0.4) is 0 Å². The van der Waals surface area contributed by atoms with E-state index in [0.29, 0.717) is 15.7 Å². The van der Waals surface area contributed by atoms with Crippen LogP contribution in [-0.2, 0) is 0 Å². The number of amides is 1. The molecule has 2 N–H and O–H groups in total. The zero-order chi connectivity index (χ0) is 12.0. The fraction of sp³-hybridized carbons (Fsp3) is 0.273. The lowest BCUT2D eigenvalue weighted by Crippen LogP contribution is -2.39. The van der Waals surface area contributed by atoms with Crippen molar-refractivity contribution in [1.82, 2.24) is 10.6 Å². The lowest BCUT2D eigenvalue weighted by Gasteiger charge is -2.09. The molecule has 0 saturated heterocycles. The van der Waals surface area contributed by atoms with E-state index in [-0.39, 0.29) is 5.91 Å². The largest absolute Gasteiger partial charge is 0.362 e. The van der Waals surface area contributed by atoms with Gasteiger partial charge in [0.1, 0.15) is 0 Å². The topological polar surface area (TPSA) is 41.1 Å². The molecule has 86 valence electrons. The van der Waals surface area contributed by atoms with Gasteiger partial charge in [0.05, 0.1) is 10.6 Å². The number of thiocarbonyl (C=S) groups is 1. The Morgan fingerprint density at radius 3 is 2.75 bits per heavy atom.